The lowest BCUT2D eigenvalue weighted by Crippen LogP contribution is -2.32. The van der Waals surface area contributed by atoms with Crippen molar-refractivity contribution in [3.05, 3.63) is 34.2 Å². The third kappa shape index (κ3) is 2.61. The minimum absolute atomic E-state index is 0.00722. The van der Waals surface area contributed by atoms with Gasteiger partial charge >= 0.3 is 0 Å². The fourth-order valence-corrected chi connectivity index (χ4v) is 3.72. The van der Waals surface area contributed by atoms with Gasteiger partial charge in [0, 0.05) is 26.8 Å². The van der Waals surface area contributed by atoms with E-state index in [2.05, 4.69) is 5.10 Å². The molecule has 1 atom stereocenters. The summed E-state index contributed by atoms with van der Waals surface area (Å²) in [6.45, 7) is 2.68. The molecule has 0 spiro atoms. The number of methoxy groups -OCH3 is 1. The van der Waals surface area contributed by atoms with Crippen LogP contribution >= 0.6 is 11.6 Å². The van der Waals surface area contributed by atoms with E-state index in [1.165, 1.54) is 0 Å². The number of aryl methyl sites for hydroxylation is 3. The minimum Gasteiger partial charge on any atom is -0.481 e. The Hall–Kier alpha value is -1.95. The van der Waals surface area contributed by atoms with Crippen LogP contribution < -0.4 is 4.74 Å². The molecule has 23 heavy (non-hydrogen) atoms. The molecule has 124 valence electrons. The second-order valence-electron chi connectivity index (χ2n) is 5.94. The third-order valence-electron chi connectivity index (χ3n) is 4.45. The number of nitrogens with zero attached hydrogens (tertiary/aromatic N) is 4. The van der Waals surface area contributed by atoms with Crippen molar-refractivity contribution in [2.24, 2.45) is 14.1 Å². The number of amides is 1. The summed E-state index contributed by atoms with van der Waals surface area (Å²) in [4.78, 5) is 14.9. The molecule has 0 aromatic carbocycles. The van der Waals surface area contributed by atoms with Crippen molar-refractivity contribution in [1.82, 2.24) is 19.2 Å². The molecule has 1 fully saturated rings. The summed E-state index contributed by atoms with van der Waals surface area (Å²) in [5, 5.41) is 5.01. The predicted octanol–water partition coefficient (Wildman–Crippen LogP) is 2.71. The first-order valence-corrected chi connectivity index (χ1v) is 8.02. The van der Waals surface area contributed by atoms with Crippen LogP contribution in [0.15, 0.2) is 12.3 Å². The second kappa shape index (κ2) is 5.92. The fourth-order valence-electron chi connectivity index (χ4n) is 3.47. The Bertz CT molecular complexity index is 750. The third-order valence-corrected chi connectivity index (χ3v) is 4.65. The van der Waals surface area contributed by atoms with Crippen molar-refractivity contribution in [3.8, 4) is 5.88 Å². The monoisotopic (exact) mass is 336 g/mol. The lowest BCUT2D eigenvalue weighted by atomic mass is 10.0. The molecule has 6 nitrogen and oxygen atoms in total. The normalized spacial score (nSPS) is 17.8. The van der Waals surface area contributed by atoms with E-state index in [1.807, 2.05) is 25.9 Å². The van der Waals surface area contributed by atoms with Crippen molar-refractivity contribution in [2.75, 3.05) is 13.7 Å². The van der Waals surface area contributed by atoms with Crippen molar-refractivity contribution >= 4 is 17.5 Å². The van der Waals surface area contributed by atoms with Crippen molar-refractivity contribution in [3.63, 3.8) is 0 Å². The quantitative estimate of drug-likeness (QED) is 0.866. The van der Waals surface area contributed by atoms with E-state index in [0.29, 0.717) is 10.7 Å². The molecule has 0 saturated carbocycles. The predicted molar refractivity (Wildman–Crippen MR) is 87.9 cm³/mol. The zero-order valence-electron chi connectivity index (χ0n) is 13.8. The zero-order valence-corrected chi connectivity index (χ0v) is 14.6. The number of ether oxygens (including phenoxy) is 1. The molecule has 2 aromatic rings. The number of halogens is 1. The largest absolute Gasteiger partial charge is 0.481 e. The molecule has 3 heterocycles. The van der Waals surface area contributed by atoms with Crippen molar-refractivity contribution in [2.45, 2.75) is 25.8 Å². The molecule has 1 aliphatic heterocycles. The number of carbonyl (C=O) groups is 1. The number of rotatable bonds is 3. The highest BCUT2D eigenvalue weighted by molar-refractivity contribution is 6.31. The molecule has 0 bridgehead atoms. The van der Waals surface area contributed by atoms with E-state index in [4.69, 9.17) is 16.3 Å². The Morgan fingerprint density at radius 2 is 2.17 bits per heavy atom. The molecule has 1 aliphatic rings. The van der Waals surface area contributed by atoms with Gasteiger partial charge in [0.15, 0.2) is 0 Å². The molecular weight excluding hydrogens is 316 g/mol. The topological polar surface area (TPSA) is 52.3 Å². The van der Waals surface area contributed by atoms with Crippen LogP contribution in [0.3, 0.4) is 0 Å². The standard InChI is InChI=1S/C16H21ClN4O2/c1-10-14(16(23-4)20(3)18-10)12-6-5-7-21(12)15(22)13-8-11(17)9-19(13)2/h8-9,12H,5-7H2,1-4H3. The van der Waals surface area contributed by atoms with Crippen LogP contribution in [-0.2, 0) is 14.1 Å². The van der Waals surface area contributed by atoms with Gasteiger partial charge < -0.3 is 14.2 Å². The number of aromatic nitrogens is 3. The number of hydrogen-bond acceptors (Lipinski definition) is 3. The fraction of sp³-hybridized carbons (Fsp3) is 0.500. The maximum Gasteiger partial charge on any atom is 0.271 e. The van der Waals surface area contributed by atoms with Crippen LogP contribution in [-0.4, -0.2) is 38.8 Å². The summed E-state index contributed by atoms with van der Waals surface area (Å²) < 4.78 is 9.01. The number of hydrogen-bond donors (Lipinski definition) is 0. The van der Waals surface area contributed by atoms with E-state index in [0.717, 1.165) is 36.5 Å². The smallest absolute Gasteiger partial charge is 0.271 e. The summed E-state index contributed by atoms with van der Waals surface area (Å²) in [6.07, 6.45) is 3.62. The Labute approximate surface area is 140 Å². The highest BCUT2D eigenvalue weighted by atomic mass is 35.5. The SMILES string of the molecule is COc1c(C2CCCN2C(=O)c2cc(Cl)cn2C)c(C)nn1C. The van der Waals surface area contributed by atoms with Gasteiger partial charge in [0.25, 0.3) is 5.91 Å². The average molecular weight is 337 g/mol. The van der Waals surface area contributed by atoms with Crippen LogP contribution in [0.1, 0.15) is 40.6 Å². The molecule has 0 radical (unpaired) electrons. The second-order valence-corrected chi connectivity index (χ2v) is 6.38. The molecule has 7 heteroatoms. The molecule has 2 aromatic heterocycles. The molecule has 3 rings (SSSR count). The van der Waals surface area contributed by atoms with Crippen LogP contribution in [0.5, 0.6) is 5.88 Å². The zero-order chi connectivity index (χ0) is 16.7. The Morgan fingerprint density at radius 3 is 2.78 bits per heavy atom. The van der Waals surface area contributed by atoms with Crippen LogP contribution in [0.4, 0.5) is 0 Å². The van der Waals surface area contributed by atoms with E-state index >= 15 is 0 Å². The molecule has 1 saturated heterocycles. The van der Waals surface area contributed by atoms with Gasteiger partial charge in [0.1, 0.15) is 5.69 Å². The summed E-state index contributed by atoms with van der Waals surface area (Å²) >= 11 is 6.02. The van der Waals surface area contributed by atoms with Gasteiger partial charge in [-0.05, 0) is 25.8 Å². The first-order valence-electron chi connectivity index (χ1n) is 7.64. The molecule has 0 aliphatic carbocycles. The summed E-state index contributed by atoms with van der Waals surface area (Å²) in [5.74, 6) is 0.712. The Morgan fingerprint density at radius 1 is 1.43 bits per heavy atom. The average Bonchev–Trinajstić information content (AvgIpc) is 3.15. The number of carbonyl (C=O) groups excluding carboxylic acids is 1. The summed E-state index contributed by atoms with van der Waals surface area (Å²) in [6, 6.07) is 1.70. The van der Waals surface area contributed by atoms with Gasteiger partial charge in [-0.15, -0.1) is 0 Å². The Balaban J connectivity index is 1.98. The van der Waals surface area contributed by atoms with Crippen molar-refractivity contribution < 1.29 is 9.53 Å². The lowest BCUT2D eigenvalue weighted by Gasteiger charge is -2.25. The van der Waals surface area contributed by atoms with E-state index in [1.54, 1.807) is 28.6 Å². The summed E-state index contributed by atoms with van der Waals surface area (Å²) in [7, 11) is 5.32. The van der Waals surface area contributed by atoms with Crippen molar-refractivity contribution in [1.29, 1.82) is 0 Å². The first kappa shape index (κ1) is 15.9. The van der Waals surface area contributed by atoms with Crippen LogP contribution in [0.2, 0.25) is 5.02 Å². The number of likely N-dealkylation sites (tertiary alicyclic amines) is 1. The van der Waals surface area contributed by atoms with Gasteiger partial charge in [-0.2, -0.15) is 5.10 Å². The maximum absolute atomic E-state index is 13.0. The first-order chi connectivity index (χ1) is 10.9. The van der Waals surface area contributed by atoms with E-state index < -0.39 is 0 Å². The highest BCUT2D eigenvalue weighted by Gasteiger charge is 2.36. The van der Waals surface area contributed by atoms with Crippen LogP contribution in [0.25, 0.3) is 0 Å². The lowest BCUT2D eigenvalue weighted by molar-refractivity contribution is 0.0724. The molecule has 1 unspecified atom stereocenters. The van der Waals surface area contributed by atoms with Gasteiger partial charge in [0.05, 0.1) is 29.4 Å². The molecule has 1 amide bonds. The van der Waals surface area contributed by atoms with E-state index in [-0.39, 0.29) is 11.9 Å². The van der Waals surface area contributed by atoms with Gasteiger partial charge in [-0.25, -0.2) is 4.68 Å². The molecular formula is C16H21ClN4O2. The maximum atomic E-state index is 13.0. The summed E-state index contributed by atoms with van der Waals surface area (Å²) in [5.41, 5.74) is 2.50. The molecule has 0 N–H and O–H groups in total. The Kier molecular flexibility index (Phi) is 4.10. The van der Waals surface area contributed by atoms with Gasteiger partial charge in [-0.3, -0.25) is 4.79 Å². The van der Waals surface area contributed by atoms with Gasteiger partial charge in [0.2, 0.25) is 5.88 Å². The highest BCUT2D eigenvalue weighted by Crippen LogP contribution is 2.39. The minimum atomic E-state index is -0.0141. The van der Waals surface area contributed by atoms with Gasteiger partial charge in [-0.1, -0.05) is 11.6 Å². The van der Waals surface area contributed by atoms with Crippen LogP contribution in [0, 0.1) is 6.92 Å². The van der Waals surface area contributed by atoms with E-state index in [9.17, 15) is 4.79 Å².